The predicted octanol–water partition coefficient (Wildman–Crippen LogP) is -0.462. The van der Waals surface area contributed by atoms with Gasteiger partial charge in [0, 0.05) is 32.0 Å². The van der Waals surface area contributed by atoms with Crippen molar-refractivity contribution >= 4 is 41.2 Å². The number of hydrogen-bond acceptors (Lipinski definition) is 9. The highest BCUT2D eigenvalue weighted by molar-refractivity contribution is 6.25. The average molecular weight is 531 g/mol. The molecule has 204 valence electrons. The molecule has 13 nitrogen and oxygen atoms in total. The third kappa shape index (κ3) is 6.00. The number of anilines is 1. The van der Waals surface area contributed by atoms with Crippen LogP contribution < -0.4 is 15.5 Å². The lowest BCUT2D eigenvalue weighted by molar-refractivity contribution is -0.143. The molecule has 3 N–H and O–H groups in total. The van der Waals surface area contributed by atoms with Gasteiger partial charge in [-0.25, -0.2) is 4.79 Å². The van der Waals surface area contributed by atoms with E-state index in [9.17, 15) is 28.8 Å². The van der Waals surface area contributed by atoms with E-state index < -0.39 is 35.6 Å². The Bertz CT molecular complexity index is 1130. The van der Waals surface area contributed by atoms with Gasteiger partial charge in [0.25, 0.3) is 11.8 Å². The van der Waals surface area contributed by atoms with E-state index in [2.05, 4.69) is 10.6 Å². The van der Waals surface area contributed by atoms with Gasteiger partial charge in [0.1, 0.15) is 12.6 Å². The number of amides is 5. The molecule has 1 unspecified atom stereocenters. The molecule has 0 bridgehead atoms. The van der Waals surface area contributed by atoms with Crippen LogP contribution >= 0.6 is 0 Å². The van der Waals surface area contributed by atoms with Gasteiger partial charge in [-0.15, -0.1) is 0 Å². The van der Waals surface area contributed by atoms with Crippen LogP contribution in [0.5, 0.6) is 0 Å². The summed E-state index contributed by atoms with van der Waals surface area (Å²) < 4.78 is 10.2. The number of carboxylic acids is 1. The lowest BCUT2D eigenvalue weighted by Crippen LogP contribution is -2.54. The third-order valence-electron chi connectivity index (χ3n) is 6.80. The molecule has 0 aromatic heterocycles. The first-order chi connectivity index (χ1) is 18.3. The standard InChI is InChI=1S/C25H30N4O9/c30-19-5-4-18(23(34)27-19)29-24(35)16-2-1-3-17(21(16)25(29)36)28-9-6-15(7-10-28)22(33)26-8-11-37-12-13-38-14-20(31)32/h1-3,15,18H,4-14H2,(H,26,33)(H,31,32)(H,27,30,34). The summed E-state index contributed by atoms with van der Waals surface area (Å²) in [6.45, 7) is 1.60. The second-order valence-electron chi connectivity index (χ2n) is 9.26. The van der Waals surface area contributed by atoms with Gasteiger partial charge in [0.2, 0.25) is 17.7 Å². The number of fused-ring (bicyclic) bond motifs is 1. The second-order valence-corrected chi connectivity index (χ2v) is 9.26. The monoisotopic (exact) mass is 530 g/mol. The van der Waals surface area contributed by atoms with Gasteiger partial charge in [-0.1, -0.05) is 6.07 Å². The van der Waals surface area contributed by atoms with Crippen molar-refractivity contribution in [3.8, 4) is 0 Å². The Labute approximate surface area is 218 Å². The number of hydrogen-bond donors (Lipinski definition) is 3. The minimum absolute atomic E-state index is 0.0551. The molecular weight excluding hydrogens is 500 g/mol. The molecule has 13 heteroatoms. The smallest absolute Gasteiger partial charge is 0.329 e. The number of aliphatic carboxylic acids is 1. The van der Waals surface area contributed by atoms with Gasteiger partial charge in [0.05, 0.1) is 36.6 Å². The van der Waals surface area contributed by atoms with Crippen LogP contribution in [0.2, 0.25) is 0 Å². The minimum atomic E-state index is -1.05. The van der Waals surface area contributed by atoms with Crippen LogP contribution in [0.1, 0.15) is 46.4 Å². The van der Waals surface area contributed by atoms with Gasteiger partial charge in [-0.2, -0.15) is 0 Å². The molecule has 0 spiro atoms. The summed E-state index contributed by atoms with van der Waals surface area (Å²) in [5.41, 5.74) is 1.06. The highest BCUT2D eigenvalue weighted by Crippen LogP contribution is 2.35. The fraction of sp³-hybridized carbons (Fsp3) is 0.520. The molecule has 5 amide bonds. The molecule has 38 heavy (non-hydrogen) atoms. The number of carboxylic acid groups (broad SMARTS) is 1. The third-order valence-corrected chi connectivity index (χ3v) is 6.80. The van der Waals surface area contributed by atoms with Crippen LogP contribution in [0.25, 0.3) is 0 Å². The van der Waals surface area contributed by atoms with Crippen molar-refractivity contribution in [2.75, 3.05) is 51.0 Å². The van der Waals surface area contributed by atoms with Gasteiger partial charge in [0.15, 0.2) is 0 Å². The number of rotatable bonds is 11. The first-order valence-electron chi connectivity index (χ1n) is 12.5. The zero-order valence-electron chi connectivity index (χ0n) is 20.8. The van der Waals surface area contributed by atoms with E-state index >= 15 is 0 Å². The van der Waals surface area contributed by atoms with Crippen LogP contribution in [-0.4, -0.2) is 97.6 Å². The number of ether oxygens (including phenoxy) is 2. The summed E-state index contributed by atoms with van der Waals surface area (Å²) in [6.07, 6.45) is 1.26. The van der Waals surface area contributed by atoms with E-state index in [1.54, 1.807) is 18.2 Å². The lowest BCUT2D eigenvalue weighted by Gasteiger charge is -2.34. The minimum Gasteiger partial charge on any atom is -0.480 e. The van der Waals surface area contributed by atoms with E-state index in [0.717, 1.165) is 4.90 Å². The van der Waals surface area contributed by atoms with Crippen molar-refractivity contribution in [3.63, 3.8) is 0 Å². The summed E-state index contributed by atoms with van der Waals surface area (Å²) in [5, 5.41) is 13.5. The number of carbonyl (C=O) groups excluding carboxylic acids is 5. The molecule has 2 fully saturated rings. The fourth-order valence-corrected chi connectivity index (χ4v) is 4.91. The molecule has 1 atom stereocenters. The van der Waals surface area contributed by atoms with Crippen LogP contribution in [0.3, 0.4) is 0 Å². The van der Waals surface area contributed by atoms with Crippen molar-refractivity contribution in [1.82, 2.24) is 15.5 Å². The molecule has 3 heterocycles. The summed E-state index contributed by atoms with van der Waals surface area (Å²) in [7, 11) is 0. The van der Waals surface area contributed by atoms with Gasteiger partial charge < -0.3 is 24.8 Å². The van der Waals surface area contributed by atoms with E-state index in [-0.39, 0.29) is 62.2 Å². The first kappa shape index (κ1) is 27.2. The highest BCUT2D eigenvalue weighted by atomic mass is 16.5. The number of benzene rings is 1. The summed E-state index contributed by atoms with van der Waals surface area (Å²) in [4.78, 5) is 76.1. The summed E-state index contributed by atoms with van der Waals surface area (Å²) in [6, 6.07) is 3.99. The molecule has 1 aromatic carbocycles. The Kier molecular flexibility index (Phi) is 8.69. The normalized spacial score (nSPS) is 19.9. The number of nitrogens with one attached hydrogen (secondary N) is 2. The Morgan fingerprint density at radius 1 is 1.00 bits per heavy atom. The Hall–Kier alpha value is -3.84. The Morgan fingerprint density at radius 2 is 1.74 bits per heavy atom. The van der Waals surface area contributed by atoms with Crippen molar-refractivity contribution in [2.45, 2.75) is 31.7 Å². The number of carbonyl (C=O) groups is 6. The summed E-state index contributed by atoms with van der Waals surface area (Å²) >= 11 is 0. The molecule has 3 aliphatic heterocycles. The Morgan fingerprint density at radius 3 is 2.45 bits per heavy atom. The number of imide groups is 2. The molecule has 2 saturated heterocycles. The van der Waals surface area contributed by atoms with Crippen molar-refractivity contribution in [1.29, 1.82) is 0 Å². The van der Waals surface area contributed by atoms with E-state index in [1.807, 2.05) is 4.90 Å². The van der Waals surface area contributed by atoms with Gasteiger partial charge >= 0.3 is 5.97 Å². The van der Waals surface area contributed by atoms with Gasteiger partial charge in [-0.3, -0.25) is 34.2 Å². The van der Waals surface area contributed by atoms with Crippen molar-refractivity contribution in [3.05, 3.63) is 29.3 Å². The Balaban J connectivity index is 1.28. The molecule has 1 aromatic rings. The van der Waals surface area contributed by atoms with Crippen LogP contribution in [0, 0.1) is 5.92 Å². The lowest BCUT2D eigenvalue weighted by atomic mass is 9.94. The largest absolute Gasteiger partial charge is 0.480 e. The van der Waals surface area contributed by atoms with E-state index in [0.29, 0.717) is 38.2 Å². The average Bonchev–Trinajstić information content (AvgIpc) is 3.15. The molecule has 0 radical (unpaired) electrons. The predicted molar refractivity (Wildman–Crippen MR) is 130 cm³/mol. The molecule has 0 aliphatic carbocycles. The quantitative estimate of drug-likeness (QED) is 0.251. The van der Waals surface area contributed by atoms with Crippen molar-refractivity contribution in [2.24, 2.45) is 5.92 Å². The van der Waals surface area contributed by atoms with Crippen LogP contribution in [-0.2, 0) is 28.7 Å². The topological polar surface area (TPSA) is 172 Å². The SMILES string of the molecule is O=C(O)COCCOCCNC(=O)C1CCN(c2cccc3c2C(=O)N(C2CCC(=O)NC2=O)C3=O)CC1. The molecule has 0 saturated carbocycles. The maximum absolute atomic E-state index is 13.3. The maximum Gasteiger partial charge on any atom is 0.329 e. The number of nitrogens with zero attached hydrogens (tertiary/aromatic N) is 2. The van der Waals surface area contributed by atoms with Crippen LogP contribution in [0.4, 0.5) is 5.69 Å². The zero-order valence-corrected chi connectivity index (χ0v) is 20.8. The maximum atomic E-state index is 13.3. The van der Waals surface area contributed by atoms with Gasteiger partial charge in [-0.05, 0) is 31.4 Å². The molecule has 4 rings (SSSR count). The van der Waals surface area contributed by atoms with Crippen molar-refractivity contribution < 1.29 is 43.3 Å². The second kappa shape index (κ2) is 12.1. The number of piperidine rings is 2. The first-order valence-corrected chi connectivity index (χ1v) is 12.5. The van der Waals surface area contributed by atoms with E-state index in [4.69, 9.17) is 14.6 Å². The molecule has 3 aliphatic rings. The summed E-state index contributed by atoms with van der Waals surface area (Å²) in [5.74, 6) is -3.53. The van der Waals surface area contributed by atoms with E-state index in [1.165, 1.54) is 0 Å². The highest BCUT2D eigenvalue weighted by Gasteiger charge is 2.46. The molecular formula is C25H30N4O9. The zero-order chi connectivity index (χ0) is 27.2. The van der Waals surface area contributed by atoms with Crippen LogP contribution in [0.15, 0.2) is 18.2 Å². The fourth-order valence-electron chi connectivity index (χ4n) is 4.91.